The van der Waals surface area contributed by atoms with Crippen LogP contribution in [0.3, 0.4) is 0 Å². The van der Waals surface area contributed by atoms with Crippen LogP contribution in [0.5, 0.6) is 0 Å². The van der Waals surface area contributed by atoms with Crippen molar-refractivity contribution in [3.63, 3.8) is 0 Å². The van der Waals surface area contributed by atoms with Crippen molar-refractivity contribution >= 4 is 22.8 Å². The SMILES string of the molecule is Cc1cc(C(F)(F)F)nn1-c1ccc(Cn2c(=O)[nH]c3cnc(Cl)nc32)cn1. The maximum Gasteiger partial charge on any atom is 0.435 e. The summed E-state index contributed by atoms with van der Waals surface area (Å²) in [6.45, 7) is 1.65. The van der Waals surface area contributed by atoms with Crippen molar-refractivity contribution in [3.8, 4) is 5.82 Å². The van der Waals surface area contributed by atoms with E-state index >= 15 is 0 Å². The van der Waals surface area contributed by atoms with Crippen LogP contribution in [0.15, 0.2) is 35.4 Å². The van der Waals surface area contributed by atoms with Crippen molar-refractivity contribution in [2.24, 2.45) is 0 Å². The highest BCUT2D eigenvalue weighted by Crippen LogP contribution is 2.29. The van der Waals surface area contributed by atoms with E-state index in [2.05, 4.69) is 25.0 Å². The van der Waals surface area contributed by atoms with Gasteiger partial charge in [0.2, 0.25) is 5.28 Å². The number of fused-ring (bicyclic) bond motifs is 1. The Balaban J connectivity index is 1.65. The highest BCUT2D eigenvalue weighted by atomic mass is 35.5. The van der Waals surface area contributed by atoms with E-state index < -0.39 is 17.6 Å². The number of rotatable bonds is 3. The van der Waals surface area contributed by atoms with Crippen molar-refractivity contribution in [1.29, 1.82) is 0 Å². The smallest absolute Gasteiger partial charge is 0.303 e. The number of pyridine rings is 1. The van der Waals surface area contributed by atoms with Gasteiger partial charge in [0.15, 0.2) is 17.2 Å². The molecule has 0 amide bonds. The molecule has 0 spiro atoms. The van der Waals surface area contributed by atoms with Crippen LogP contribution < -0.4 is 5.69 Å². The van der Waals surface area contributed by atoms with Gasteiger partial charge in [-0.1, -0.05) is 6.07 Å². The lowest BCUT2D eigenvalue weighted by Gasteiger charge is -2.06. The average Bonchev–Trinajstić information content (AvgIpc) is 3.16. The molecule has 8 nitrogen and oxygen atoms in total. The number of nitrogens with zero attached hydrogens (tertiary/aromatic N) is 6. The molecular formula is C16H11ClF3N7O. The number of hydrogen-bond donors (Lipinski definition) is 1. The topological polar surface area (TPSA) is 94.3 Å². The van der Waals surface area contributed by atoms with Crippen molar-refractivity contribution in [3.05, 3.63) is 63.3 Å². The number of halogens is 4. The molecule has 0 saturated carbocycles. The number of aromatic amines is 1. The van der Waals surface area contributed by atoms with Gasteiger partial charge < -0.3 is 4.98 Å². The van der Waals surface area contributed by atoms with E-state index in [4.69, 9.17) is 11.6 Å². The quantitative estimate of drug-likeness (QED) is 0.525. The van der Waals surface area contributed by atoms with E-state index in [0.29, 0.717) is 22.4 Å². The fourth-order valence-electron chi connectivity index (χ4n) is 2.73. The molecule has 4 aromatic rings. The van der Waals surface area contributed by atoms with E-state index in [-0.39, 0.29) is 17.6 Å². The monoisotopic (exact) mass is 409 g/mol. The van der Waals surface area contributed by atoms with Crippen LogP contribution in [-0.2, 0) is 12.7 Å². The van der Waals surface area contributed by atoms with Crippen molar-refractivity contribution < 1.29 is 13.2 Å². The molecule has 0 atom stereocenters. The number of hydrogen-bond acceptors (Lipinski definition) is 5. The number of alkyl halides is 3. The number of nitrogens with one attached hydrogen (secondary N) is 1. The summed E-state index contributed by atoms with van der Waals surface area (Å²) < 4.78 is 40.9. The summed E-state index contributed by atoms with van der Waals surface area (Å²) in [6, 6.07) is 4.12. The van der Waals surface area contributed by atoms with E-state index in [1.54, 1.807) is 6.07 Å². The van der Waals surface area contributed by atoms with Gasteiger partial charge in [0.25, 0.3) is 0 Å². The standard InChI is InChI=1S/C16H11ClF3N7O/c1-8-4-11(16(18,19)20)25-27(8)12-3-2-9(5-21-12)7-26-13-10(23-15(26)28)6-22-14(17)24-13/h2-6H,7H2,1H3,(H,23,28). The molecule has 28 heavy (non-hydrogen) atoms. The third kappa shape index (κ3) is 3.24. The fraction of sp³-hybridized carbons (Fsp3) is 0.188. The molecule has 0 saturated heterocycles. The second-order valence-corrected chi connectivity index (χ2v) is 6.34. The number of aromatic nitrogens is 7. The van der Waals surface area contributed by atoms with Gasteiger partial charge in [0, 0.05) is 11.9 Å². The van der Waals surface area contributed by atoms with Crippen LogP contribution >= 0.6 is 11.6 Å². The van der Waals surface area contributed by atoms with Gasteiger partial charge in [-0.3, -0.25) is 4.57 Å². The molecule has 4 aromatic heterocycles. The highest BCUT2D eigenvalue weighted by molar-refractivity contribution is 6.28. The van der Waals surface area contributed by atoms with Crippen LogP contribution in [0.1, 0.15) is 17.0 Å². The molecule has 4 heterocycles. The number of imidazole rings is 1. The summed E-state index contributed by atoms with van der Waals surface area (Å²) in [5.74, 6) is 0.230. The largest absolute Gasteiger partial charge is 0.435 e. The van der Waals surface area contributed by atoms with Crippen LogP contribution in [-0.4, -0.2) is 34.3 Å². The molecule has 0 unspecified atom stereocenters. The van der Waals surface area contributed by atoms with Crippen molar-refractivity contribution in [2.75, 3.05) is 0 Å². The van der Waals surface area contributed by atoms with Gasteiger partial charge >= 0.3 is 11.9 Å². The van der Waals surface area contributed by atoms with Gasteiger partial charge in [-0.15, -0.1) is 0 Å². The number of aryl methyl sites for hydroxylation is 1. The molecule has 12 heteroatoms. The predicted molar refractivity (Wildman–Crippen MR) is 93.4 cm³/mol. The highest BCUT2D eigenvalue weighted by Gasteiger charge is 2.34. The first-order chi connectivity index (χ1) is 13.2. The van der Waals surface area contributed by atoms with E-state index in [1.165, 1.54) is 30.0 Å². The van der Waals surface area contributed by atoms with E-state index in [9.17, 15) is 18.0 Å². The molecule has 4 rings (SSSR count). The summed E-state index contributed by atoms with van der Waals surface area (Å²) in [4.78, 5) is 26.8. The Kier molecular flexibility index (Phi) is 4.18. The molecule has 1 N–H and O–H groups in total. The van der Waals surface area contributed by atoms with Crippen LogP contribution in [0.2, 0.25) is 5.28 Å². The first kappa shape index (κ1) is 18.2. The van der Waals surface area contributed by atoms with Gasteiger partial charge in [0.1, 0.15) is 5.52 Å². The molecule has 0 radical (unpaired) electrons. The molecule has 0 bridgehead atoms. The second-order valence-electron chi connectivity index (χ2n) is 6.00. The minimum Gasteiger partial charge on any atom is -0.303 e. The minimum absolute atomic E-state index is 0.00310. The number of H-pyrrole nitrogens is 1. The van der Waals surface area contributed by atoms with Gasteiger partial charge in [-0.05, 0) is 36.2 Å². The lowest BCUT2D eigenvalue weighted by molar-refractivity contribution is -0.141. The first-order valence-electron chi connectivity index (χ1n) is 7.92. The lowest BCUT2D eigenvalue weighted by atomic mass is 10.3. The summed E-state index contributed by atoms with van der Waals surface area (Å²) in [7, 11) is 0. The molecular weight excluding hydrogens is 399 g/mol. The minimum atomic E-state index is -4.53. The van der Waals surface area contributed by atoms with E-state index in [0.717, 1.165) is 10.7 Å². The maximum absolute atomic E-state index is 12.8. The molecule has 0 fully saturated rings. The Labute approximate surface area is 159 Å². The van der Waals surface area contributed by atoms with Crippen molar-refractivity contribution in [2.45, 2.75) is 19.6 Å². The Morgan fingerprint density at radius 2 is 2.00 bits per heavy atom. The molecule has 0 aliphatic carbocycles. The average molecular weight is 410 g/mol. The Morgan fingerprint density at radius 1 is 1.21 bits per heavy atom. The zero-order valence-electron chi connectivity index (χ0n) is 14.2. The molecule has 0 aliphatic rings. The van der Waals surface area contributed by atoms with Crippen LogP contribution in [0.25, 0.3) is 17.0 Å². The van der Waals surface area contributed by atoms with Crippen molar-refractivity contribution in [1.82, 2.24) is 34.3 Å². The van der Waals surface area contributed by atoms with Gasteiger partial charge in [-0.2, -0.15) is 23.3 Å². The van der Waals surface area contributed by atoms with Gasteiger partial charge in [-0.25, -0.2) is 19.4 Å². The maximum atomic E-state index is 12.8. The molecule has 0 aromatic carbocycles. The van der Waals surface area contributed by atoms with Gasteiger partial charge in [0.05, 0.1) is 12.7 Å². The summed E-state index contributed by atoms with van der Waals surface area (Å²) in [6.07, 6.45) is -1.67. The van der Waals surface area contributed by atoms with E-state index in [1.807, 2.05) is 0 Å². The third-order valence-corrected chi connectivity index (χ3v) is 4.21. The molecule has 0 aliphatic heterocycles. The molecule has 144 valence electrons. The Hall–Kier alpha value is -3.21. The fourth-order valence-corrected chi connectivity index (χ4v) is 2.86. The normalized spacial score (nSPS) is 12.0. The summed E-state index contributed by atoms with van der Waals surface area (Å²) in [5.41, 5.74) is 0.331. The summed E-state index contributed by atoms with van der Waals surface area (Å²) >= 11 is 5.79. The second kappa shape index (κ2) is 6.44. The van der Waals surface area contributed by atoms with Crippen LogP contribution in [0, 0.1) is 6.92 Å². The zero-order valence-corrected chi connectivity index (χ0v) is 15.0. The van der Waals surface area contributed by atoms with Crippen LogP contribution in [0.4, 0.5) is 13.2 Å². The predicted octanol–water partition coefficient (Wildman–Crippen LogP) is 2.73. The Bertz CT molecular complexity index is 1220. The lowest BCUT2D eigenvalue weighted by Crippen LogP contribution is -2.18. The zero-order chi connectivity index (χ0) is 20.1. The summed E-state index contributed by atoms with van der Waals surface area (Å²) in [5, 5.41) is 3.56. The third-order valence-electron chi connectivity index (χ3n) is 4.03. The first-order valence-corrected chi connectivity index (χ1v) is 8.30. The Morgan fingerprint density at radius 3 is 2.64 bits per heavy atom.